The number of rotatable bonds is 7. The van der Waals surface area contributed by atoms with E-state index < -0.39 is 0 Å². The summed E-state index contributed by atoms with van der Waals surface area (Å²) in [7, 11) is 0. The minimum absolute atomic E-state index is 0. The molecule has 1 aromatic carbocycles. The van der Waals surface area contributed by atoms with E-state index in [-0.39, 0.29) is 24.0 Å². The van der Waals surface area contributed by atoms with E-state index >= 15 is 0 Å². The fraction of sp³-hybridized carbons (Fsp3) is 0.720. The Kier molecular flexibility index (Phi) is 9.91. The van der Waals surface area contributed by atoms with Crippen molar-refractivity contribution in [3.63, 3.8) is 0 Å². The van der Waals surface area contributed by atoms with Crippen molar-refractivity contribution in [3.8, 4) is 0 Å². The van der Waals surface area contributed by atoms with Gasteiger partial charge in [-0.3, -0.25) is 9.89 Å². The van der Waals surface area contributed by atoms with Gasteiger partial charge in [0.05, 0.1) is 0 Å². The van der Waals surface area contributed by atoms with E-state index in [0.29, 0.717) is 12.0 Å². The van der Waals surface area contributed by atoms with Crippen LogP contribution in [0.1, 0.15) is 56.6 Å². The largest absolute Gasteiger partial charge is 0.357 e. The number of hydrogen-bond donors (Lipinski definition) is 2. The molecule has 2 aliphatic heterocycles. The van der Waals surface area contributed by atoms with Gasteiger partial charge in [0.25, 0.3) is 0 Å². The predicted octanol–water partition coefficient (Wildman–Crippen LogP) is 4.01. The molecule has 0 radical (unpaired) electrons. The third-order valence-corrected chi connectivity index (χ3v) is 7.02. The van der Waals surface area contributed by atoms with Crippen LogP contribution in [0.4, 0.5) is 0 Å². The number of hydrogen-bond acceptors (Lipinski definition) is 3. The van der Waals surface area contributed by atoms with E-state index in [1.165, 1.54) is 75.8 Å². The van der Waals surface area contributed by atoms with Crippen LogP contribution < -0.4 is 10.6 Å². The molecule has 1 aliphatic carbocycles. The SMILES string of the molecule is CCNC(=NCC1CCN(Cc2ccc(C)cc2)CC1)NC1CCN(C2CC2)CC1.I. The second-order valence-electron chi connectivity index (χ2n) is 9.61. The van der Waals surface area contributed by atoms with Crippen LogP contribution in [0.2, 0.25) is 0 Å². The maximum absolute atomic E-state index is 4.98. The van der Waals surface area contributed by atoms with Gasteiger partial charge in [0, 0.05) is 44.8 Å². The quantitative estimate of drug-likeness (QED) is 0.312. The lowest BCUT2D eigenvalue weighted by molar-refractivity contribution is 0.180. The fourth-order valence-corrected chi connectivity index (χ4v) is 4.86. The molecule has 6 heteroatoms. The third kappa shape index (κ3) is 7.90. The summed E-state index contributed by atoms with van der Waals surface area (Å²) in [6.07, 6.45) is 7.86. The minimum atomic E-state index is 0. The number of aryl methyl sites for hydroxylation is 1. The first-order chi connectivity index (χ1) is 14.7. The standard InChI is InChI=1S/C25H41N5.HI/c1-3-26-25(28-23-12-16-30(17-13-23)24-8-9-24)27-18-21-10-14-29(15-11-21)19-22-6-4-20(2)5-7-22;/h4-7,21,23-24H,3,8-19H2,1-2H3,(H2,26,27,28);1H. The Bertz CT molecular complexity index is 672. The summed E-state index contributed by atoms with van der Waals surface area (Å²) in [4.78, 5) is 10.3. The number of benzene rings is 1. The first kappa shape index (κ1) is 24.8. The third-order valence-electron chi connectivity index (χ3n) is 7.02. The van der Waals surface area contributed by atoms with E-state index in [9.17, 15) is 0 Å². The molecule has 5 nitrogen and oxygen atoms in total. The van der Waals surface area contributed by atoms with Crippen molar-refractivity contribution in [2.75, 3.05) is 39.3 Å². The summed E-state index contributed by atoms with van der Waals surface area (Å²) >= 11 is 0. The topological polar surface area (TPSA) is 42.9 Å². The highest BCUT2D eigenvalue weighted by molar-refractivity contribution is 14.0. The van der Waals surface area contributed by atoms with Gasteiger partial charge in [0.2, 0.25) is 0 Å². The van der Waals surface area contributed by atoms with Crippen LogP contribution in [0.5, 0.6) is 0 Å². The van der Waals surface area contributed by atoms with Crippen LogP contribution in [0.25, 0.3) is 0 Å². The maximum atomic E-state index is 4.98. The first-order valence-electron chi connectivity index (χ1n) is 12.3. The molecule has 1 saturated carbocycles. The van der Waals surface area contributed by atoms with Gasteiger partial charge in [-0.2, -0.15) is 0 Å². The van der Waals surface area contributed by atoms with Gasteiger partial charge in [-0.05, 0) is 76.9 Å². The second kappa shape index (κ2) is 12.4. The van der Waals surface area contributed by atoms with E-state index in [0.717, 1.165) is 31.6 Å². The number of aliphatic imine (C=N–C) groups is 1. The van der Waals surface area contributed by atoms with Gasteiger partial charge in [0.15, 0.2) is 5.96 Å². The Morgan fingerprint density at radius 2 is 1.65 bits per heavy atom. The number of halogens is 1. The summed E-state index contributed by atoms with van der Waals surface area (Å²) in [6.45, 7) is 12.2. The van der Waals surface area contributed by atoms with Gasteiger partial charge < -0.3 is 15.5 Å². The van der Waals surface area contributed by atoms with Crippen LogP contribution in [0.15, 0.2) is 29.3 Å². The molecule has 1 aromatic rings. The van der Waals surface area contributed by atoms with E-state index in [1.807, 2.05) is 0 Å². The predicted molar refractivity (Wildman–Crippen MR) is 141 cm³/mol. The molecule has 31 heavy (non-hydrogen) atoms. The lowest BCUT2D eigenvalue weighted by Crippen LogP contribution is -2.49. The zero-order valence-corrected chi connectivity index (χ0v) is 21.8. The van der Waals surface area contributed by atoms with Crippen molar-refractivity contribution in [1.29, 1.82) is 0 Å². The molecule has 0 unspecified atom stereocenters. The van der Waals surface area contributed by atoms with Crippen molar-refractivity contribution >= 4 is 29.9 Å². The molecule has 0 aromatic heterocycles. The van der Waals surface area contributed by atoms with E-state index in [1.54, 1.807) is 0 Å². The average molecular weight is 540 g/mol. The highest BCUT2D eigenvalue weighted by Gasteiger charge is 2.32. The molecule has 0 bridgehead atoms. The monoisotopic (exact) mass is 539 g/mol. The Morgan fingerprint density at radius 3 is 2.26 bits per heavy atom. The van der Waals surface area contributed by atoms with Crippen molar-refractivity contribution in [1.82, 2.24) is 20.4 Å². The number of piperidine rings is 2. The molecule has 3 fully saturated rings. The number of nitrogens with zero attached hydrogens (tertiary/aromatic N) is 3. The van der Waals surface area contributed by atoms with Crippen molar-refractivity contribution in [2.24, 2.45) is 10.9 Å². The van der Waals surface area contributed by atoms with Crippen LogP contribution in [0, 0.1) is 12.8 Å². The minimum Gasteiger partial charge on any atom is -0.357 e. The Hall–Kier alpha value is -0.860. The molecule has 2 heterocycles. The Labute approximate surface area is 206 Å². The average Bonchev–Trinajstić information content (AvgIpc) is 3.61. The van der Waals surface area contributed by atoms with Crippen molar-refractivity contribution in [3.05, 3.63) is 35.4 Å². The smallest absolute Gasteiger partial charge is 0.191 e. The first-order valence-corrected chi connectivity index (χ1v) is 12.3. The normalized spacial score (nSPS) is 22.2. The van der Waals surface area contributed by atoms with Crippen LogP contribution in [-0.2, 0) is 6.54 Å². The van der Waals surface area contributed by atoms with Crippen molar-refractivity contribution in [2.45, 2.75) is 71.0 Å². The molecule has 3 aliphatic rings. The lowest BCUT2D eigenvalue weighted by Gasteiger charge is -2.33. The molecule has 4 rings (SSSR count). The summed E-state index contributed by atoms with van der Waals surface area (Å²) in [6, 6.07) is 10.5. The molecular formula is C25H42IN5. The Balaban J connectivity index is 0.00000272. The van der Waals surface area contributed by atoms with Gasteiger partial charge in [-0.1, -0.05) is 29.8 Å². The number of guanidine groups is 1. The number of nitrogens with one attached hydrogen (secondary N) is 2. The van der Waals surface area contributed by atoms with Gasteiger partial charge in [-0.25, -0.2) is 0 Å². The maximum Gasteiger partial charge on any atom is 0.191 e. The summed E-state index contributed by atoms with van der Waals surface area (Å²) in [5.74, 6) is 1.75. The zero-order chi connectivity index (χ0) is 20.8. The molecule has 2 N–H and O–H groups in total. The van der Waals surface area contributed by atoms with Gasteiger partial charge in [0.1, 0.15) is 0 Å². The van der Waals surface area contributed by atoms with Crippen LogP contribution in [-0.4, -0.2) is 67.1 Å². The fourth-order valence-electron chi connectivity index (χ4n) is 4.86. The summed E-state index contributed by atoms with van der Waals surface area (Å²) in [5, 5.41) is 7.20. The van der Waals surface area contributed by atoms with Crippen molar-refractivity contribution < 1.29 is 0 Å². The molecule has 0 amide bonds. The van der Waals surface area contributed by atoms with E-state index in [4.69, 9.17) is 4.99 Å². The highest BCUT2D eigenvalue weighted by Crippen LogP contribution is 2.29. The van der Waals surface area contributed by atoms with E-state index in [2.05, 4.69) is 58.5 Å². The second-order valence-corrected chi connectivity index (χ2v) is 9.61. The van der Waals surface area contributed by atoms with Gasteiger partial charge >= 0.3 is 0 Å². The van der Waals surface area contributed by atoms with Crippen LogP contribution in [0.3, 0.4) is 0 Å². The summed E-state index contributed by atoms with van der Waals surface area (Å²) in [5.41, 5.74) is 2.78. The number of likely N-dealkylation sites (tertiary alicyclic amines) is 2. The molecule has 0 spiro atoms. The molecule has 0 atom stereocenters. The summed E-state index contributed by atoms with van der Waals surface area (Å²) < 4.78 is 0. The Morgan fingerprint density at radius 1 is 0.968 bits per heavy atom. The molecular weight excluding hydrogens is 497 g/mol. The highest BCUT2D eigenvalue weighted by atomic mass is 127. The molecule has 2 saturated heterocycles. The molecule has 174 valence electrons. The van der Waals surface area contributed by atoms with Crippen LogP contribution >= 0.6 is 24.0 Å². The lowest BCUT2D eigenvalue weighted by atomic mass is 9.96. The zero-order valence-electron chi connectivity index (χ0n) is 19.5. The van der Waals surface area contributed by atoms with Gasteiger partial charge in [-0.15, -0.1) is 24.0 Å².